The zero-order valence-electron chi connectivity index (χ0n) is 11.7. The lowest BCUT2D eigenvalue weighted by atomic mass is 10.1. The Bertz CT molecular complexity index is 496. The Balaban J connectivity index is 1.74. The van der Waals surface area contributed by atoms with E-state index in [0.29, 0.717) is 0 Å². The van der Waals surface area contributed by atoms with Crippen molar-refractivity contribution in [3.05, 3.63) is 65.7 Å². The van der Waals surface area contributed by atoms with E-state index in [9.17, 15) is 0 Å². The number of nitrogens with zero attached hydrogens (tertiary/aromatic N) is 1. The number of hydrogen-bond acceptors (Lipinski definition) is 2. The molecule has 0 aliphatic carbocycles. The summed E-state index contributed by atoms with van der Waals surface area (Å²) in [5, 5.41) is 1.90. The van der Waals surface area contributed by atoms with Crippen molar-refractivity contribution in [3.63, 3.8) is 0 Å². The minimum Gasteiger partial charge on any atom is -0.406 e. The van der Waals surface area contributed by atoms with Gasteiger partial charge in [-0.25, -0.2) is 0 Å². The van der Waals surface area contributed by atoms with Crippen LogP contribution in [0.5, 0.6) is 5.75 Å². The highest BCUT2D eigenvalue weighted by Gasteiger charge is 2.01. The smallest absolute Gasteiger partial charge is 0.147 e. The SMILES string of the molecule is Cc1cccc(ON(C)CCCc2ccccc2)c1. The first kappa shape index (κ1) is 13.6. The number of rotatable bonds is 6. The highest BCUT2D eigenvalue weighted by molar-refractivity contribution is 5.27. The van der Waals surface area contributed by atoms with Crippen LogP contribution in [0, 0.1) is 6.92 Å². The highest BCUT2D eigenvalue weighted by Crippen LogP contribution is 2.13. The second-order valence-electron chi connectivity index (χ2n) is 4.85. The molecule has 0 aromatic heterocycles. The molecule has 2 aromatic carbocycles. The van der Waals surface area contributed by atoms with Gasteiger partial charge in [-0.1, -0.05) is 42.5 Å². The third-order valence-electron chi connectivity index (χ3n) is 3.03. The van der Waals surface area contributed by atoms with Crippen molar-refractivity contribution < 1.29 is 4.84 Å². The third-order valence-corrected chi connectivity index (χ3v) is 3.03. The Hall–Kier alpha value is -1.80. The molecule has 0 spiro atoms. The van der Waals surface area contributed by atoms with E-state index >= 15 is 0 Å². The van der Waals surface area contributed by atoms with Gasteiger partial charge in [-0.2, -0.15) is 0 Å². The zero-order chi connectivity index (χ0) is 13.5. The first-order valence-corrected chi connectivity index (χ1v) is 6.74. The summed E-state index contributed by atoms with van der Waals surface area (Å²) in [6, 6.07) is 18.7. The average Bonchev–Trinajstić information content (AvgIpc) is 2.40. The van der Waals surface area contributed by atoms with Gasteiger partial charge in [0, 0.05) is 13.6 Å². The van der Waals surface area contributed by atoms with E-state index in [0.717, 1.165) is 25.1 Å². The molecule has 0 aliphatic heterocycles. The molecule has 0 atom stereocenters. The molecule has 19 heavy (non-hydrogen) atoms. The van der Waals surface area contributed by atoms with Crippen LogP contribution in [-0.4, -0.2) is 18.7 Å². The van der Waals surface area contributed by atoms with Gasteiger partial charge in [0.15, 0.2) is 0 Å². The molecule has 0 saturated heterocycles. The van der Waals surface area contributed by atoms with Gasteiger partial charge in [-0.3, -0.25) is 0 Å². The number of hydrogen-bond donors (Lipinski definition) is 0. The summed E-state index contributed by atoms with van der Waals surface area (Å²) in [7, 11) is 1.98. The fourth-order valence-corrected chi connectivity index (χ4v) is 2.05. The van der Waals surface area contributed by atoms with Crippen molar-refractivity contribution >= 4 is 0 Å². The summed E-state index contributed by atoms with van der Waals surface area (Å²) < 4.78 is 0. The molecule has 0 unspecified atom stereocenters. The molecule has 2 heteroatoms. The Morgan fingerprint density at radius 3 is 2.53 bits per heavy atom. The minimum atomic E-state index is 0.905. The van der Waals surface area contributed by atoms with Crippen LogP contribution < -0.4 is 4.84 Å². The molecule has 2 nitrogen and oxygen atoms in total. The lowest BCUT2D eigenvalue weighted by Gasteiger charge is -2.17. The zero-order valence-corrected chi connectivity index (χ0v) is 11.7. The predicted octanol–water partition coefficient (Wildman–Crippen LogP) is 3.85. The van der Waals surface area contributed by atoms with Gasteiger partial charge in [0.05, 0.1) is 0 Å². The maximum Gasteiger partial charge on any atom is 0.147 e. The van der Waals surface area contributed by atoms with Gasteiger partial charge >= 0.3 is 0 Å². The van der Waals surface area contributed by atoms with Crippen molar-refractivity contribution in [2.45, 2.75) is 19.8 Å². The number of aryl methyl sites for hydroxylation is 2. The number of benzene rings is 2. The number of hydroxylamine groups is 2. The van der Waals surface area contributed by atoms with Crippen molar-refractivity contribution in [3.8, 4) is 5.75 Å². The Morgan fingerprint density at radius 1 is 1.00 bits per heavy atom. The van der Waals surface area contributed by atoms with E-state index in [1.54, 1.807) is 0 Å². The fourth-order valence-electron chi connectivity index (χ4n) is 2.05. The Kier molecular flexibility index (Phi) is 4.99. The largest absolute Gasteiger partial charge is 0.406 e. The van der Waals surface area contributed by atoms with Crippen molar-refractivity contribution in [2.75, 3.05) is 13.6 Å². The van der Waals surface area contributed by atoms with E-state index in [1.165, 1.54) is 11.1 Å². The van der Waals surface area contributed by atoms with E-state index in [-0.39, 0.29) is 0 Å². The van der Waals surface area contributed by atoms with E-state index < -0.39 is 0 Å². The quantitative estimate of drug-likeness (QED) is 0.727. The van der Waals surface area contributed by atoms with E-state index in [1.807, 2.05) is 30.3 Å². The molecule has 0 aliphatic rings. The van der Waals surface area contributed by atoms with Crippen LogP contribution in [0.15, 0.2) is 54.6 Å². The molecule has 0 saturated carbocycles. The molecule has 0 bridgehead atoms. The summed E-state index contributed by atoms with van der Waals surface area (Å²) in [6.45, 7) is 2.99. The fraction of sp³-hybridized carbons (Fsp3) is 0.294. The maximum absolute atomic E-state index is 5.77. The predicted molar refractivity (Wildman–Crippen MR) is 79.2 cm³/mol. The third kappa shape index (κ3) is 4.76. The highest BCUT2D eigenvalue weighted by atomic mass is 16.7. The minimum absolute atomic E-state index is 0.905. The molecule has 0 N–H and O–H groups in total. The second kappa shape index (κ2) is 6.95. The lowest BCUT2D eigenvalue weighted by Crippen LogP contribution is -2.24. The van der Waals surface area contributed by atoms with Gasteiger partial charge in [0.1, 0.15) is 5.75 Å². The Morgan fingerprint density at radius 2 is 1.79 bits per heavy atom. The van der Waals surface area contributed by atoms with Crippen molar-refractivity contribution in [1.29, 1.82) is 0 Å². The van der Waals surface area contributed by atoms with Crippen LogP contribution in [0.2, 0.25) is 0 Å². The van der Waals surface area contributed by atoms with E-state index in [4.69, 9.17) is 4.84 Å². The van der Waals surface area contributed by atoms with Crippen LogP contribution in [0.3, 0.4) is 0 Å². The monoisotopic (exact) mass is 255 g/mol. The van der Waals surface area contributed by atoms with Gasteiger partial charge in [-0.05, 0) is 43.0 Å². The van der Waals surface area contributed by atoms with Gasteiger partial charge in [0.25, 0.3) is 0 Å². The van der Waals surface area contributed by atoms with Crippen LogP contribution in [-0.2, 0) is 6.42 Å². The average molecular weight is 255 g/mol. The first-order valence-electron chi connectivity index (χ1n) is 6.74. The summed E-state index contributed by atoms with van der Waals surface area (Å²) in [5.41, 5.74) is 2.60. The summed E-state index contributed by atoms with van der Waals surface area (Å²) in [6.07, 6.45) is 2.18. The molecule has 0 heterocycles. The van der Waals surface area contributed by atoms with E-state index in [2.05, 4.69) is 43.3 Å². The van der Waals surface area contributed by atoms with Gasteiger partial charge < -0.3 is 4.84 Å². The van der Waals surface area contributed by atoms with Gasteiger partial charge in [-0.15, -0.1) is 5.06 Å². The normalized spacial score (nSPS) is 10.7. The molecule has 2 aromatic rings. The van der Waals surface area contributed by atoms with Crippen molar-refractivity contribution in [2.24, 2.45) is 0 Å². The molecular formula is C17H21NO. The van der Waals surface area contributed by atoms with Crippen LogP contribution >= 0.6 is 0 Å². The van der Waals surface area contributed by atoms with Crippen LogP contribution in [0.4, 0.5) is 0 Å². The standard InChI is InChI=1S/C17H21NO/c1-15-8-6-12-17(14-15)19-18(2)13-7-11-16-9-4-3-5-10-16/h3-6,8-10,12,14H,7,11,13H2,1-2H3. The van der Waals surface area contributed by atoms with Crippen LogP contribution in [0.25, 0.3) is 0 Å². The van der Waals surface area contributed by atoms with Gasteiger partial charge in [0.2, 0.25) is 0 Å². The molecule has 0 radical (unpaired) electrons. The maximum atomic E-state index is 5.77. The molecule has 0 amide bonds. The summed E-state index contributed by atoms with van der Waals surface area (Å²) in [5.74, 6) is 0.905. The topological polar surface area (TPSA) is 12.5 Å². The molecule has 0 fully saturated rings. The summed E-state index contributed by atoms with van der Waals surface area (Å²) >= 11 is 0. The molecule has 2 rings (SSSR count). The van der Waals surface area contributed by atoms with Crippen molar-refractivity contribution in [1.82, 2.24) is 5.06 Å². The first-order chi connectivity index (χ1) is 9.24. The summed E-state index contributed by atoms with van der Waals surface area (Å²) in [4.78, 5) is 5.77. The lowest BCUT2D eigenvalue weighted by molar-refractivity contribution is -0.0322. The molecule has 100 valence electrons. The Labute approximate surface area is 115 Å². The second-order valence-corrected chi connectivity index (χ2v) is 4.85. The molecular weight excluding hydrogens is 234 g/mol. The van der Waals surface area contributed by atoms with Crippen LogP contribution in [0.1, 0.15) is 17.5 Å².